The van der Waals surface area contributed by atoms with Crippen LogP contribution in [0.2, 0.25) is 0 Å². The molecule has 0 aliphatic heterocycles. The van der Waals surface area contributed by atoms with Crippen LogP contribution >= 0.6 is 0 Å². The first-order valence-electron chi connectivity index (χ1n) is 3.74. The molecule has 0 saturated heterocycles. The van der Waals surface area contributed by atoms with Crippen molar-refractivity contribution in [3.8, 4) is 5.75 Å². The summed E-state index contributed by atoms with van der Waals surface area (Å²) in [5.41, 5.74) is -0.0671. The van der Waals surface area contributed by atoms with E-state index in [0.717, 1.165) is 0 Å². The van der Waals surface area contributed by atoms with E-state index in [4.69, 9.17) is 14.8 Å². The predicted molar refractivity (Wildman–Crippen MR) is 55.5 cm³/mol. The molecule has 0 radical (unpaired) electrons. The molecular weight excluding hydrogens is 299 g/mol. The fourth-order valence-electron chi connectivity index (χ4n) is 0.654. The molecule has 1 unspecified atom stereocenters. The Morgan fingerprint density at radius 3 is 1.89 bits per heavy atom. The van der Waals surface area contributed by atoms with E-state index in [9.17, 15) is 22.0 Å². The number of carboxylic acid groups (broad SMARTS) is 1. The molecule has 0 aliphatic rings. The normalized spacial score (nSPS) is 11.4. The second-order valence-electron chi connectivity index (χ2n) is 2.45. The van der Waals surface area contributed by atoms with Gasteiger partial charge >= 0.3 is 35.5 Å². The molecule has 1 atom stereocenters. The molecule has 1 aromatic carbocycles. The SMILES string of the molecule is O=C(O)c1ccccc1O.O=S(O)S(=O)(=O)[O-].[Na+]. The third-order valence-corrected chi connectivity index (χ3v) is 2.71. The van der Waals surface area contributed by atoms with Crippen LogP contribution in [0.3, 0.4) is 0 Å². The first kappa shape index (κ1) is 19.8. The summed E-state index contributed by atoms with van der Waals surface area (Å²) in [6.45, 7) is 0. The van der Waals surface area contributed by atoms with E-state index in [1.807, 2.05) is 0 Å². The average Bonchev–Trinajstić information content (AvgIpc) is 2.17. The Bertz CT molecular complexity index is 526. The molecule has 8 nitrogen and oxygen atoms in total. The number of aromatic hydroxyl groups is 1. The van der Waals surface area contributed by atoms with E-state index >= 15 is 0 Å². The van der Waals surface area contributed by atoms with Gasteiger partial charge in [-0.05, 0) is 12.1 Å². The van der Waals surface area contributed by atoms with Gasteiger partial charge in [-0.3, -0.25) is 4.55 Å². The number of rotatable bonds is 2. The van der Waals surface area contributed by atoms with Gasteiger partial charge in [-0.15, -0.1) is 0 Å². The van der Waals surface area contributed by atoms with E-state index in [2.05, 4.69) is 0 Å². The van der Waals surface area contributed by atoms with Gasteiger partial charge in [-0.25, -0.2) is 17.4 Å². The predicted octanol–water partition coefficient (Wildman–Crippen LogP) is -3.24. The maximum atomic E-state index is 10.3. The molecule has 0 amide bonds. The molecule has 0 heterocycles. The van der Waals surface area contributed by atoms with Crippen LogP contribution in [0.1, 0.15) is 10.4 Å². The Labute approximate surface area is 126 Å². The number of hydrogen-bond donors (Lipinski definition) is 3. The standard InChI is InChI=1S/C7H6O3.Na.H2O5S2/c8-6-4-2-1-3-5(6)7(9)10;;1-6(2)7(3,4)5/h1-4,8H,(H,9,10);;(H,1,2)(H,3,4,5)/q;+1;/p-1. The van der Waals surface area contributed by atoms with Crippen LogP contribution in [-0.4, -0.2) is 37.9 Å². The Kier molecular flexibility index (Phi) is 9.46. The van der Waals surface area contributed by atoms with Crippen molar-refractivity contribution in [1.29, 1.82) is 0 Å². The topological polar surface area (TPSA) is 152 Å². The maximum absolute atomic E-state index is 10.3. The van der Waals surface area contributed by atoms with Crippen LogP contribution in [0.25, 0.3) is 0 Å². The van der Waals surface area contributed by atoms with Crippen LogP contribution in [-0.2, 0) is 19.3 Å². The van der Waals surface area contributed by atoms with Gasteiger partial charge in [-0.1, -0.05) is 12.1 Å². The third-order valence-electron chi connectivity index (χ3n) is 1.31. The van der Waals surface area contributed by atoms with E-state index in [1.165, 1.54) is 12.1 Å². The van der Waals surface area contributed by atoms with Crippen molar-refractivity contribution in [2.24, 2.45) is 0 Å². The molecule has 1 rings (SSSR count). The second kappa shape index (κ2) is 8.58. The minimum Gasteiger partial charge on any atom is -0.736 e. The van der Waals surface area contributed by atoms with Crippen LogP contribution < -0.4 is 29.6 Å². The number of phenols is 1. The molecule has 0 spiro atoms. The summed E-state index contributed by atoms with van der Waals surface area (Å²) in [7, 11) is -8.23. The second-order valence-corrected chi connectivity index (χ2v) is 5.78. The number of aromatic carboxylic acids is 1. The Hall–Kier alpha value is -0.490. The molecule has 96 valence electrons. The molecule has 0 aromatic heterocycles. The summed E-state index contributed by atoms with van der Waals surface area (Å²) >= 11 is 0. The van der Waals surface area contributed by atoms with Crippen LogP contribution in [0.5, 0.6) is 5.75 Å². The van der Waals surface area contributed by atoms with Crippen molar-refractivity contribution in [2.75, 3.05) is 0 Å². The summed E-state index contributed by atoms with van der Waals surface area (Å²) in [5.74, 6) is -1.31. The smallest absolute Gasteiger partial charge is 0.736 e. The Balaban J connectivity index is 0. The van der Waals surface area contributed by atoms with E-state index in [0.29, 0.717) is 0 Å². The zero-order valence-electron chi connectivity index (χ0n) is 9.01. The maximum Gasteiger partial charge on any atom is 1.00 e. The number of carbonyl (C=O) groups is 1. The van der Waals surface area contributed by atoms with Crippen molar-refractivity contribution >= 4 is 25.2 Å². The van der Waals surface area contributed by atoms with Crippen LogP contribution in [0.15, 0.2) is 24.3 Å². The molecule has 0 aliphatic carbocycles. The summed E-state index contributed by atoms with van der Waals surface area (Å²) in [6, 6.07) is 5.81. The van der Waals surface area contributed by atoms with Gasteiger partial charge in [0.1, 0.15) is 11.3 Å². The van der Waals surface area contributed by atoms with E-state index < -0.39 is 25.2 Å². The number of benzene rings is 1. The number of hydrogen-bond acceptors (Lipinski definition) is 6. The van der Waals surface area contributed by atoms with Crippen molar-refractivity contribution in [3.63, 3.8) is 0 Å². The monoisotopic (exact) mass is 306 g/mol. The van der Waals surface area contributed by atoms with Gasteiger partial charge in [0.25, 0.3) is 10.1 Å². The number of carboxylic acids is 1. The average molecular weight is 306 g/mol. The minimum absolute atomic E-state index is 0. The largest absolute Gasteiger partial charge is 1.00 e. The van der Waals surface area contributed by atoms with Crippen molar-refractivity contribution in [2.45, 2.75) is 0 Å². The summed E-state index contributed by atoms with van der Waals surface area (Å²) in [5, 5.41) is 17.3. The molecule has 0 fully saturated rings. The fraction of sp³-hybridized carbons (Fsp3) is 0. The first-order chi connectivity index (χ1) is 7.66. The summed E-state index contributed by atoms with van der Waals surface area (Å²) in [6.07, 6.45) is 0. The summed E-state index contributed by atoms with van der Waals surface area (Å²) < 4.78 is 44.4. The van der Waals surface area contributed by atoms with Gasteiger partial charge in [0.15, 0.2) is 0 Å². The number of para-hydroxylation sites is 1. The van der Waals surface area contributed by atoms with Gasteiger partial charge in [0, 0.05) is 0 Å². The van der Waals surface area contributed by atoms with Crippen LogP contribution in [0, 0.1) is 0 Å². The zero-order chi connectivity index (χ0) is 13.6. The fourth-order valence-corrected chi connectivity index (χ4v) is 0.654. The van der Waals surface area contributed by atoms with Crippen LogP contribution in [0.4, 0.5) is 0 Å². The molecule has 0 bridgehead atoms. The van der Waals surface area contributed by atoms with Crippen molar-refractivity contribution < 1.29 is 66.3 Å². The molecule has 0 saturated carbocycles. The molecule has 18 heavy (non-hydrogen) atoms. The molecule has 3 N–H and O–H groups in total. The minimum atomic E-state index is -4.96. The van der Waals surface area contributed by atoms with Crippen molar-refractivity contribution in [3.05, 3.63) is 29.8 Å². The van der Waals surface area contributed by atoms with E-state index in [1.54, 1.807) is 12.1 Å². The van der Waals surface area contributed by atoms with Crippen molar-refractivity contribution in [1.82, 2.24) is 0 Å². The summed E-state index contributed by atoms with van der Waals surface area (Å²) in [4.78, 5) is 10.3. The first-order valence-corrected chi connectivity index (χ1v) is 6.78. The van der Waals surface area contributed by atoms with Gasteiger partial charge < -0.3 is 14.8 Å². The van der Waals surface area contributed by atoms with E-state index in [-0.39, 0.29) is 40.9 Å². The molecule has 11 heteroatoms. The zero-order valence-corrected chi connectivity index (χ0v) is 12.6. The Morgan fingerprint density at radius 2 is 1.67 bits per heavy atom. The van der Waals surface area contributed by atoms with Gasteiger partial charge in [-0.2, -0.15) is 0 Å². The quantitative estimate of drug-likeness (QED) is 0.223. The van der Waals surface area contributed by atoms with Gasteiger partial charge in [0.2, 0.25) is 9.15 Å². The molecule has 1 aromatic rings. The third kappa shape index (κ3) is 7.76. The molecular formula is C7H7NaO8S2. The van der Waals surface area contributed by atoms with Gasteiger partial charge in [0.05, 0.1) is 0 Å². The Morgan fingerprint density at radius 1 is 1.28 bits per heavy atom.